The molecular weight excluding hydrogens is 363 g/mol. The molecule has 0 unspecified atom stereocenters. The van der Waals surface area contributed by atoms with E-state index in [2.05, 4.69) is 10.9 Å². The van der Waals surface area contributed by atoms with E-state index in [4.69, 9.17) is 29.6 Å². The van der Waals surface area contributed by atoms with Gasteiger partial charge in [0.05, 0.1) is 27.3 Å². The summed E-state index contributed by atoms with van der Waals surface area (Å²) in [6.07, 6.45) is 5.48. The highest BCUT2D eigenvalue weighted by Crippen LogP contribution is 2.23. The molecule has 0 spiro atoms. The third kappa shape index (κ3) is 3.11. The monoisotopic (exact) mass is 374 g/mol. The number of benzene rings is 2. The summed E-state index contributed by atoms with van der Waals surface area (Å²) in [5.74, 6) is 2.17. The fraction of sp³-hybridized carbons (Fsp3) is 0.111. The van der Waals surface area contributed by atoms with E-state index in [1.54, 1.807) is 12.1 Å². The Morgan fingerprint density at radius 3 is 2.88 bits per heavy atom. The Morgan fingerprint density at radius 1 is 1.33 bits per heavy atom. The number of rotatable bonds is 2. The molecule has 3 nitrogen and oxygen atoms in total. The first-order valence-electron chi connectivity index (χ1n) is 7.08. The van der Waals surface area contributed by atoms with Crippen molar-refractivity contribution in [3.05, 3.63) is 62.4 Å². The van der Waals surface area contributed by atoms with Gasteiger partial charge in [-0.3, -0.25) is 4.79 Å². The lowest BCUT2D eigenvalue weighted by molar-refractivity contribution is 0.0998. The van der Waals surface area contributed by atoms with Gasteiger partial charge in [-0.2, -0.15) is 4.99 Å². The van der Waals surface area contributed by atoms with Gasteiger partial charge in [-0.05, 0) is 36.8 Å². The highest BCUT2D eigenvalue weighted by Gasteiger charge is 2.13. The summed E-state index contributed by atoms with van der Waals surface area (Å²) < 4.78 is 2.89. The Hall–Kier alpha value is -2.06. The van der Waals surface area contributed by atoms with Gasteiger partial charge in [-0.25, -0.2) is 0 Å². The van der Waals surface area contributed by atoms with Crippen molar-refractivity contribution in [1.82, 2.24) is 4.57 Å². The first-order chi connectivity index (χ1) is 11.5. The summed E-state index contributed by atoms with van der Waals surface area (Å²) in [6, 6.07) is 10.7. The van der Waals surface area contributed by atoms with E-state index < -0.39 is 5.91 Å². The summed E-state index contributed by atoms with van der Waals surface area (Å²) in [4.78, 5) is 17.3. The third-order valence-electron chi connectivity index (χ3n) is 3.51. The van der Waals surface area contributed by atoms with Crippen molar-refractivity contribution >= 4 is 50.7 Å². The number of hydrogen-bond donors (Lipinski definition) is 0. The second-order valence-corrected chi connectivity index (χ2v) is 6.99. The van der Waals surface area contributed by atoms with Crippen molar-refractivity contribution in [2.24, 2.45) is 4.99 Å². The number of hydrogen-bond acceptors (Lipinski definition) is 2. The van der Waals surface area contributed by atoms with Crippen molar-refractivity contribution in [2.45, 2.75) is 13.5 Å². The average molecular weight is 375 g/mol. The number of nitrogens with zero attached hydrogens (tertiary/aromatic N) is 2. The Kier molecular flexibility index (Phi) is 4.77. The maximum atomic E-state index is 12.5. The fourth-order valence-corrected chi connectivity index (χ4v) is 3.92. The molecule has 0 bridgehead atoms. The molecule has 6 heteroatoms. The number of carbonyl (C=O) groups excluding carboxylic acids is 1. The van der Waals surface area contributed by atoms with Gasteiger partial charge in [0.2, 0.25) is 0 Å². The van der Waals surface area contributed by atoms with Crippen LogP contribution in [0.3, 0.4) is 0 Å². The van der Waals surface area contributed by atoms with Crippen LogP contribution < -0.4 is 4.80 Å². The molecule has 0 aliphatic rings. The molecule has 1 amide bonds. The van der Waals surface area contributed by atoms with Gasteiger partial charge in [-0.1, -0.05) is 52.6 Å². The molecule has 3 aromatic rings. The van der Waals surface area contributed by atoms with E-state index in [1.807, 2.05) is 29.7 Å². The highest BCUT2D eigenvalue weighted by atomic mass is 35.5. The Morgan fingerprint density at radius 2 is 2.12 bits per heavy atom. The molecule has 0 saturated carbocycles. The number of aryl methyl sites for hydroxylation is 1. The largest absolute Gasteiger partial charge is 0.304 e. The molecule has 120 valence electrons. The van der Waals surface area contributed by atoms with Crippen LogP contribution in [0.5, 0.6) is 0 Å². The Balaban J connectivity index is 2.22. The number of amides is 1. The molecule has 2 aromatic carbocycles. The van der Waals surface area contributed by atoms with Crippen molar-refractivity contribution in [2.75, 3.05) is 0 Å². The molecule has 3 rings (SSSR count). The van der Waals surface area contributed by atoms with Gasteiger partial charge in [0.1, 0.15) is 0 Å². The van der Waals surface area contributed by atoms with Gasteiger partial charge in [-0.15, -0.1) is 6.42 Å². The minimum absolute atomic E-state index is 0.269. The molecule has 0 aliphatic heterocycles. The predicted octanol–water partition coefficient (Wildman–Crippen LogP) is 4.69. The van der Waals surface area contributed by atoms with Crippen molar-refractivity contribution in [3.8, 4) is 12.3 Å². The molecule has 0 saturated heterocycles. The quantitative estimate of drug-likeness (QED) is 0.599. The van der Waals surface area contributed by atoms with E-state index >= 15 is 0 Å². The maximum absolute atomic E-state index is 12.5. The normalized spacial score (nSPS) is 11.7. The molecule has 0 radical (unpaired) electrons. The van der Waals surface area contributed by atoms with Crippen LogP contribution in [-0.4, -0.2) is 10.5 Å². The fourth-order valence-electron chi connectivity index (χ4n) is 2.44. The molecule has 24 heavy (non-hydrogen) atoms. The van der Waals surface area contributed by atoms with Crippen LogP contribution in [0, 0.1) is 19.3 Å². The minimum atomic E-state index is -0.447. The molecule has 0 atom stereocenters. The summed E-state index contributed by atoms with van der Waals surface area (Å²) in [5.41, 5.74) is 2.34. The lowest BCUT2D eigenvalue weighted by Gasteiger charge is -2.03. The molecule has 1 heterocycles. The Labute approximate surface area is 153 Å². The van der Waals surface area contributed by atoms with Crippen LogP contribution >= 0.6 is 34.5 Å². The van der Waals surface area contributed by atoms with Crippen molar-refractivity contribution in [1.29, 1.82) is 0 Å². The van der Waals surface area contributed by atoms with Gasteiger partial charge in [0.15, 0.2) is 4.80 Å². The number of thiazole rings is 1. The number of aromatic nitrogens is 1. The second-order valence-electron chi connectivity index (χ2n) is 5.14. The van der Waals surface area contributed by atoms with Gasteiger partial charge in [0.25, 0.3) is 5.91 Å². The smallest absolute Gasteiger partial charge is 0.281 e. The van der Waals surface area contributed by atoms with Crippen LogP contribution in [0.25, 0.3) is 10.2 Å². The first kappa shape index (κ1) is 16.8. The maximum Gasteiger partial charge on any atom is 0.281 e. The minimum Gasteiger partial charge on any atom is -0.304 e. The molecule has 0 fully saturated rings. The molecular formula is C18H12Cl2N2OS. The molecule has 0 N–H and O–H groups in total. The zero-order chi connectivity index (χ0) is 17.3. The summed E-state index contributed by atoms with van der Waals surface area (Å²) >= 11 is 13.5. The Bertz CT molecular complexity index is 1060. The van der Waals surface area contributed by atoms with Crippen LogP contribution in [0.4, 0.5) is 0 Å². The number of carbonyl (C=O) groups is 1. The number of fused-ring (bicyclic) bond motifs is 1. The number of terminal acetylenes is 1. The average Bonchev–Trinajstić information content (AvgIpc) is 2.89. The zero-order valence-electron chi connectivity index (χ0n) is 12.7. The topological polar surface area (TPSA) is 34.4 Å². The van der Waals surface area contributed by atoms with E-state index in [0.717, 1.165) is 15.8 Å². The van der Waals surface area contributed by atoms with E-state index in [-0.39, 0.29) is 5.56 Å². The van der Waals surface area contributed by atoms with Crippen LogP contribution in [0.2, 0.25) is 10.0 Å². The van der Waals surface area contributed by atoms with Crippen LogP contribution in [0.15, 0.2) is 41.4 Å². The lowest BCUT2D eigenvalue weighted by Crippen LogP contribution is -2.17. The summed E-state index contributed by atoms with van der Waals surface area (Å²) in [5, 5.41) is 0.746. The molecule has 0 aliphatic carbocycles. The SMILES string of the molecule is C#CCn1c(=NC(=O)c2cc(Cl)ccc2Cl)sc2cccc(C)c21. The van der Waals surface area contributed by atoms with Crippen LogP contribution in [-0.2, 0) is 6.54 Å². The zero-order valence-corrected chi connectivity index (χ0v) is 15.0. The van der Waals surface area contributed by atoms with Gasteiger partial charge in [0, 0.05) is 5.02 Å². The number of halogens is 2. The summed E-state index contributed by atoms with van der Waals surface area (Å²) in [6.45, 7) is 2.34. The van der Waals surface area contributed by atoms with E-state index in [1.165, 1.54) is 17.4 Å². The third-order valence-corrected chi connectivity index (χ3v) is 5.12. The molecule has 1 aromatic heterocycles. The van der Waals surface area contributed by atoms with Crippen molar-refractivity contribution in [3.63, 3.8) is 0 Å². The second kappa shape index (κ2) is 6.82. The highest BCUT2D eigenvalue weighted by molar-refractivity contribution is 7.16. The summed E-state index contributed by atoms with van der Waals surface area (Å²) in [7, 11) is 0. The van der Waals surface area contributed by atoms with Gasteiger partial charge < -0.3 is 4.57 Å². The number of para-hydroxylation sites is 1. The van der Waals surface area contributed by atoms with Crippen LogP contribution in [0.1, 0.15) is 15.9 Å². The van der Waals surface area contributed by atoms with Crippen molar-refractivity contribution < 1.29 is 4.79 Å². The lowest BCUT2D eigenvalue weighted by atomic mass is 10.2. The van der Waals surface area contributed by atoms with E-state index in [9.17, 15) is 4.79 Å². The first-order valence-corrected chi connectivity index (χ1v) is 8.65. The van der Waals surface area contributed by atoms with E-state index in [0.29, 0.717) is 21.4 Å². The van der Waals surface area contributed by atoms with Gasteiger partial charge >= 0.3 is 0 Å². The standard InChI is InChI=1S/C18H12Cl2N2OS/c1-3-9-22-16-11(2)5-4-6-15(16)24-18(22)21-17(23)13-10-12(19)7-8-14(13)20/h1,4-8,10H,9H2,2H3. The predicted molar refractivity (Wildman–Crippen MR) is 99.7 cm³/mol.